The van der Waals surface area contributed by atoms with Crippen molar-refractivity contribution in [3.63, 3.8) is 0 Å². The largest absolute Gasteiger partial charge is 0.479 e. The molecule has 3 nitrogen and oxygen atoms in total. The zero-order valence-corrected chi connectivity index (χ0v) is 12.5. The number of hydrogen-bond acceptors (Lipinski definition) is 2. The summed E-state index contributed by atoms with van der Waals surface area (Å²) in [5.74, 6) is 0.470. The van der Waals surface area contributed by atoms with Crippen molar-refractivity contribution in [3.05, 3.63) is 29.3 Å². The average molecular weight is 284 g/mol. The molecule has 0 heterocycles. The van der Waals surface area contributed by atoms with Crippen molar-refractivity contribution in [2.24, 2.45) is 0 Å². The number of para-hydroxylation sites is 1. The van der Waals surface area contributed by atoms with Gasteiger partial charge in [0.15, 0.2) is 6.10 Å². The Morgan fingerprint density at radius 3 is 2.63 bits per heavy atom. The zero-order valence-electron chi connectivity index (χ0n) is 11.8. The molecule has 0 aliphatic carbocycles. The van der Waals surface area contributed by atoms with E-state index in [4.69, 9.17) is 16.3 Å². The quantitative estimate of drug-likeness (QED) is 0.826. The van der Waals surface area contributed by atoms with Gasteiger partial charge in [-0.15, -0.1) is 0 Å². The Balaban J connectivity index is 2.63. The Morgan fingerprint density at radius 2 is 2.05 bits per heavy atom. The normalized spacial score (nSPS) is 13.7. The van der Waals surface area contributed by atoms with Gasteiger partial charge in [-0.2, -0.15) is 0 Å². The maximum absolute atomic E-state index is 12.1. The first-order chi connectivity index (χ1) is 9.08. The Morgan fingerprint density at radius 1 is 1.37 bits per heavy atom. The molecule has 1 aromatic rings. The van der Waals surface area contributed by atoms with E-state index in [0.717, 1.165) is 12.8 Å². The van der Waals surface area contributed by atoms with Gasteiger partial charge < -0.3 is 10.1 Å². The predicted octanol–water partition coefficient (Wildman–Crippen LogP) is 3.80. The monoisotopic (exact) mass is 283 g/mol. The molecule has 1 aromatic carbocycles. The van der Waals surface area contributed by atoms with Crippen LogP contribution in [0.4, 0.5) is 0 Å². The maximum atomic E-state index is 12.1. The van der Waals surface area contributed by atoms with Gasteiger partial charge in [0.1, 0.15) is 5.75 Å². The second kappa shape index (κ2) is 8.05. The molecule has 0 aliphatic heterocycles. The fourth-order valence-corrected chi connectivity index (χ4v) is 2.04. The van der Waals surface area contributed by atoms with E-state index in [1.807, 2.05) is 26.0 Å². The third kappa shape index (κ3) is 5.11. The fraction of sp³-hybridized carbons (Fsp3) is 0.533. The molecule has 0 aromatic heterocycles. The first kappa shape index (κ1) is 15.8. The summed E-state index contributed by atoms with van der Waals surface area (Å²) in [5.41, 5.74) is 0. The van der Waals surface area contributed by atoms with Crippen molar-refractivity contribution < 1.29 is 9.53 Å². The zero-order chi connectivity index (χ0) is 14.3. The number of hydrogen-bond donors (Lipinski definition) is 1. The van der Waals surface area contributed by atoms with Crippen LogP contribution in [0.2, 0.25) is 5.02 Å². The predicted molar refractivity (Wildman–Crippen MR) is 78.7 cm³/mol. The molecule has 1 amide bonds. The summed E-state index contributed by atoms with van der Waals surface area (Å²) in [6.45, 7) is 6.02. The van der Waals surface area contributed by atoms with E-state index < -0.39 is 6.10 Å². The lowest BCUT2D eigenvalue weighted by molar-refractivity contribution is -0.128. The SMILES string of the molecule is CCC[C@@H](C)NC(=O)[C@H](CC)Oc1ccccc1Cl. The van der Waals surface area contributed by atoms with Gasteiger partial charge in [0.05, 0.1) is 5.02 Å². The molecule has 0 radical (unpaired) electrons. The van der Waals surface area contributed by atoms with Crippen molar-refractivity contribution in [1.82, 2.24) is 5.32 Å². The van der Waals surface area contributed by atoms with Crippen LogP contribution < -0.4 is 10.1 Å². The first-order valence-corrected chi connectivity index (χ1v) is 7.17. The third-order valence-electron chi connectivity index (χ3n) is 2.88. The van der Waals surface area contributed by atoms with Crippen LogP contribution in [-0.4, -0.2) is 18.1 Å². The molecule has 0 saturated heterocycles. The van der Waals surface area contributed by atoms with Gasteiger partial charge in [0, 0.05) is 6.04 Å². The Bertz CT molecular complexity index is 409. The van der Waals surface area contributed by atoms with E-state index in [9.17, 15) is 4.79 Å². The van der Waals surface area contributed by atoms with Crippen molar-refractivity contribution >= 4 is 17.5 Å². The Labute approximate surface area is 120 Å². The fourth-order valence-electron chi connectivity index (χ4n) is 1.86. The van der Waals surface area contributed by atoms with Gasteiger partial charge in [0.25, 0.3) is 5.91 Å². The van der Waals surface area contributed by atoms with Crippen molar-refractivity contribution in [3.8, 4) is 5.75 Å². The summed E-state index contributed by atoms with van der Waals surface area (Å²) in [6, 6.07) is 7.36. The molecule has 19 heavy (non-hydrogen) atoms. The average Bonchev–Trinajstić information content (AvgIpc) is 2.37. The highest BCUT2D eigenvalue weighted by Crippen LogP contribution is 2.24. The van der Waals surface area contributed by atoms with Crippen LogP contribution in [-0.2, 0) is 4.79 Å². The lowest BCUT2D eigenvalue weighted by atomic mass is 10.1. The minimum absolute atomic E-state index is 0.0802. The van der Waals surface area contributed by atoms with Crippen molar-refractivity contribution in [2.75, 3.05) is 0 Å². The third-order valence-corrected chi connectivity index (χ3v) is 3.19. The second-order valence-corrected chi connectivity index (χ2v) is 5.05. The number of nitrogens with one attached hydrogen (secondary N) is 1. The van der Waals surface area contributed by atoms with Gasteiger partial charge in [-0.05, 0) is 31.9 Å². The summed E-state index contributed by atoms with van der Waals surface area (Å²) >= 11 is 6.03. The number of halogens is 1. The Hall–Kier alpha value is -1.22. The summed E-state index contributed by atoms with van der Waals surface area (Å²) in [7, 11) is 0. The minimum atomic E-state index is -0.501. The van der Waals surface area contributed by atoms with Crippen molar-refractivity contribution in [2.45, 2.75) is 52.2 Å². The molecule has 0 unspecified atom stereocenters. The van der Waals surface area contributed by atoms with Gasteiger partial charge in [-0.25, -0.2) is 0 Å². The van der Waals surface area contributed by atoms with Crippen molar-refractivity contribution in [1.29, 1.82) is 0 Å². The van der Waals surface area contributed by atoms with E-state index >= 15 is 0 Å². The maximum Gasteiger partial charge on any atom is 0.261 e. The van der Waals surface area contributed by atoms with E-state index in [1.165, 1.54) is 0 Å². The topological polar surface area (TPSA) is 38.3 Å². The molecule has 0 bridgehead atoms. The van der Waals surface area contributed by atoms with Crippen LogP contribution in [0.15, 0.2) is 24.3 Å². The molecular formula is C15H22ClNO2. The van der Waals surface area contributed by atoms with Crippen LogP contribution in [0.1, 0.15) is 40.0 Å². The van der Waals surface area contributed by atoms with E-state index in [2.05, 4.69) is 12.2 Å². The van der Waals surface area contributed by atoms with Gasteiger partial charge in [-0.1, -0.05) is 44.0 Å². The highest BCUT2D eigenvalue weighted by Gasteiger charge is 2.20. The van der Waals surface area contributed by atoms with Gasteiger partial charge >= 0.3 is 0 Å². The molecular weight excluding hydrogens is 262 g/mol. The number of benzene rings is 1. The smallest absolute Gasteiger partial charge is 0.261 e. The lowest BCUT2D eigenvalue weighted by Crippen LogP contribution is -2.42. The number of ether oxygens (including phenoxy) is 1. The standard InChI is InChI=1S/C15H22ClNO2/c1-4-8-11(3)17-15(18)13(5-2)19-14-10-7-6-9-12(14)16/h6-7,9-11,13H,4-5,8H2,1-3H3,(H,17,18)/t11-,13+/m1/s1. The van der Waals surface area contributed by atoms with E-state index in [0.29, 0.717) is 17.2 Å². The number of carbonyl (C=O) groups excluding carboxylic acids is 1. The molecule has 0 spiro atoms. The minimum Gasteiger partial charge on any atom is -0.479 e. The Kier molecular flexibility index (Phi) is 6.71. The molecule has 2 atom stereocenters. The van der Waals surface area contributed by atoms with Gasteiger partial charge in [0.2, 0.25) is 0 Å². The molecule has 0 saturated carbocycles. The van der Waals surface area contributed by atoms with Gasteiger partial charge in [-0.3, -0.25) is 4.79 Å². The van der Waals surface area contributed by atoms with Crippen LogP contribution in [0.3, 0.4) is 0 Å². The summed E-state index contributed by atoms with van der Waals surface area (Å²) in [5, 5.41) is 3.49. The van der Waals surface area contributed by atoms with Crippen LogP contribution in [0.5, 0.6) is 5.75 Å². The van der Waals surface area contributed by atoms with Crippen LogP contribution in [0.25, 0.3) is 0 Å². The molecule has 106 valence electrons. The summed E-state index contributed by atoms with van der Waals surface area (Å²) in [4.78, 5) is 12.1. The van der Waals surface area contributed by atoms with Crippen LogP contribution >= 0.6 is 11.6 Å². The molecule has 1 N–H and O–H groups in total. The van der Waals surface area contributed by atoms with E-state index in [1.54, 1.807) is 12.1 Å². The molecule has 1 rings (SSSR count). The summed E-state index contributed by atoms with van der Waals surface area (Å²) < 4.78 is 5.69. The molecule has 0 fully saturated rings. The second-order valence-electron chi connectivity index (χ2n) is 4.64. The highest BCUT2D eigenvalue weighted by atomic mass is 35.5. The summed E-state index contributed by atoms with van der Waals surface area (Å²) in [6.07, 6.45) is 2.12. The number of carbonyl (C=O) groups is 1. The molecule has 4 heteroatoms. The highest BCUT2D eigenvalue weighted by molar-refractivity contribution is 6.32. The lowest BCUT2D eigenvalue weighted by Gasteiger charge is -2.20. The first-order valence-electron chi connectivity index (χ1n) is 6.80. The number of amides is 1. The number of rotatable bonds is 7. The molecule has 0 aliphatic rings. The van der Waals surface area contributed by atoms with E-state index in [-0.39, 0.29) is 11.9 Å². The van der Waals surface area contributed by atoms with Crippen LogP contribution in [0, 0.1) is 0 Å².